The lowest BCUT2D eigenvalue weighted by Gasteiger charge is -2.09. The van der Waals surface area contributed by atoms with E-state index in [1.807, 2.05) is 0 Å². The number of nitrogens with zero attached hydrogens (tertiary/aromatic N) is 4. The Morgan fingerprint density at radius 2 is 1.37 bits per heavy atom. The van der Waals surface area contributed by atoms with E-state index in [9.17, 15) is 0 Å². The van der Waals surface area contributed by atoms with Crippen molar-refractivity contribution in [2.24, 2.45) is 0 Å². The summed E-state index contributed by atoms with van der Waals surface area (Å²) in [6.07, 6.45) is 8.04. The topological polar surface area (TPSA) is 63.6 Å². The summed E-state index contributed by atoms with van der Waals surface area (Å²) in [5, 5.41) is 19.3. The van der Waals surface area contributed by atoms with Gasteiger partial charge in [0.2, 0.25) is 0 Å². The Morgan fingerprint density at radius 3 is 2.26 bits per heavy atom. The first-order valence-electron chi connectivity index (χ1n) is 9.85. The summed E-state index contributed by atoms with van der Waals surface area (Å²) >= 11 is 0. The third kappa shape index (κ3) is 4.67. The average Bonchev–Trinajstić information content (AvgIpc) is 2.72. The van der Waals surface area contributed by atoms with Gasteiger partial charge in [-0.2, -0.15) is 0 Å². The molecule has 0 saturated carbocycles. The van der Waals surface area contributed by atoms with Crippen molar-refractivity contribution in [3.8, 4) is 11.3 Å². The molecule has 0 fully saturated rings. The molecular formula is C22H25N5. The van der Waals surface area contributed by atoms with E-state index in [4.69, 9.17) is 0 Å². The Kier molecular flexibility index (Phi) is 5.67. The monoisotopic (exact) mass is 359 g/mol. The van der Waals surface area contributed by atoms with Crippen LogP contribution in [0.25, 0.3) is 11.3 Å². The minimum absolute atomic E-state index is 0.720. The third-order valence-corrected chi connectivity index (χ3v) is 5.13. The largest absolute Gasteiger partial charge is 0.367 e. The zero-order valence-corrected chi connectivity index (χ0v) is 15.6. The van der Waals surface area contributed by atoms with Gasteiger partial charge in [0.1, 0.15) is 5.69 Å². The van der Waals surface area contributed by atoms with Crippen LogP contribution >= 0.6 is 0 Å². The summed E-state index contributed by atoms with van der Waals surface area (Å²) in [4.78, 5) is 0. The number of aryl methyl sites for hydroxylation is 3. The van der Waals surface area contributed by atoms with Crippen molar-refractivity contribution in [3.05, 3.63) is 65.2 Å². The fraction of sp³-hybridized carbons (Fsp3) is 0.364. The van der Waals surface area contributed by atoms with Crippen LogP contribution in [0.4, 0.5) is 5.82 Å². The highest BCUT2D eigenvalue weighted by Crippen LogP contribution is 2.24. The Labute approximate surface area is 160 Å². The highest BCUT2D eigenvalue weighted by molar-refractivity contribution is 5.70. The Hall–Kier alpha value is -2.82. The smallest absolute Gasteiger partial charge is 0.179 e. The van der Waals surface area contributed by atoms with Gasteiger partial charge >= 0.3 is 0 Å². The molecular weight excluding hydrogens is 334 g/mol. The zero-order valence-electron chi connectivity index (χ0n) is 15.6. The van der Waals surface area contributed by atoms with Crippen LogP contribution in [0.3, 0.4) is 0 Å². The van der Waals surface area contributed by atoms with Crippen LogP contribution < -0.4 is 5.32 Å². The van der Waals surface area contributed by atoms with Crippen molar-refractivity contribution in [1.29, 1.82) is 0 Å². The van der Waals surface area contributed by atoms with Crippen molar-refractivity contribution >= 4 is 5.82 Å². The molecule has 0 aliphatic carbocycles. The van der Waals surface area contributed by atoms with Gasteiger partial charge in [-0.1, -0.05) is 55.3 Å². The van der Waals surface area contributed by atoms with Gasteiger partial charge in [-0.05, 0) is 65.3 Å². The first-order chi connectivity index (χ1) is 13.4. The van der Waals surface area contributed by atoms with Gasteiger partial charge < -0.3 is 5.32 Å². The molecule has 3 aromatic rings. The number of fused-ring (bicyclic) bond motifs is 6. The van der Waals surface area contributed by atoms with E-state index in [0.717, 1.165) is 42.9 Å². The molecule has 1 aromatic heterocycles. The highest BCUT2D eigenvalue weighted by atomic mass is 15.4. The molecule has 1 aliphatic heterocycles. The van der Waals surface area contributed by atoms with E-state index in [2.05, 4.69) is 74.5 Å². The van der Waals surface area contributed by atoms with E-state index in [-0.39, 0.29) is 0 Å². The lowest BCUT2D eigenvalue weighted by atomic mass is 9.99. The quantitative estimate of drug-likeness (QED) is 0.650. The number of benzene rings is 2. The maximum atomic E-state index is 4.25. The molecule has 1 N–H and O–H groups in total. The molecule has 5 nitrogen and oxygen atoms in total. The molecule has 0 radical (unpaired) electrons. The Bertz CT molecular complexity index is 893. The number of nitrogens with one attached hydrogen (secondary N) is 1. The van der Waals surface area contributed by atoms with Crippen molar-refractivity contribution in [3.63, 3.8) is 0 Å². The standard InChI is InChI=1S/C22H25N5/c1-2-4-14-23-22-21(24-26-27-25-22)20-11-6-10-19(16-20)13-12-18-9-5-8-17(15-18)7-3-1/h5-6,8-11,15-16H,1-4,7,12-14H2,(H,23,25,26). The van der Waals surface area contributed by atoms with E-state index < -0.39 is 0 Å². The van der Waals surface area contributed by atoms with Gasteiger partial charge in [-0.25, -0.2) is 0 Å². The molecule has 2 heterocycles. The number of aromatic nitrogens is 4. The van der Waals surface area contributed by atoms with E-state index >= 15 is 0 Å². The number of hydrogen-bond donors (Lipinski definition) is 1. The molecule has 4 rings (SSSR count). The lowest BCUT2D eigenvalue weighted by molar-refractivity contribution is 0.652. The summed E-state index contributed by atoms with van der Waals surface area (Å²) in [7, 11) is 0. The van der Waals surface area contributed by atoms with E-state index in [0.29, 0.717) is 0 Å². The molecule has 0 amide bonds. The first kappa shape index (κ1) is 17.6. The number of hydrogen-bond acceptors (Lipinski definition) is 5. The SMILES string of the molecule is c1cc2cc(c1)CCc1cccc(c1)-c1nnnnc1NCCCCCC2. The second-order valence-electron chi connectivity index (χ2n) is 7.19. The maximum Gasteiger partial charge on any atom is 0.179 e. The molecule has 0 saturated heterocycles. The van der Waals surface area contributed by atoms with Gasteiger partial charge in [0, 0.05) is 12.1 Å². The highest BCUT2D eigenvalue weighted by Gasteiger charge is 2.10. The summed E-state index contributed by atoms with van der Waals surface area (Å²) in [6.45, 7) is 0.878. The molecule has 4 bridgehead atoms. The molecule has 0 atom stereocenters. The second kappa shape index (κ2) is 8.71. The summed E-state index contributed by atoms with van der Waals surface area (Å²) in [5.41, 5.74) is 5.98. The van der Waals surface area contributed by atoms with Gasteiger partial charge in [-0.15, -0.1) is 10.2 Å². The maximum absolute atomic E-state index is 4.25. The normalized spacial score (nSPS) is 15.3. The van der Waals surface area contributed by atoms with Crippen LogP contribution in [-0.4, -0.2) is 27.2 Å². The average molecular weight is 359 g/mol. The number of rotatable bonds is 0. The Morgan fingerprint density at radius 1 is 0.667 bits per heavy atom. The molecule has 1 aliphatic rings. The minimum Gasteiger partial charge on any atom is -0.367 e. The van der Waals surface area contributed by atoms with E-state index in [1.165, 1.54) is 42.4 Å². The molecule has 0 spiro atoms. The second-order valence-corrected chi connectivity index (χ2v) is 7.19. The van der Waals surface area contributed by atoms with Crippen LogP contribution in [0, 0.1) is 0 Å². The van der Waals surface area contributed by atoms with Crippen molar-refractivity contribution in [2.75, 3.05) is 11.9 Å². The van der Waals surface area contributed by atoms with Crippen LogP contribution in [-0.2, 0) is 19.3 Å². The van der Waals surface area contributed by atoms with Crippen LogP contribution in [0.1, 0.15) is 42.4 Å². The lowest BCUT2D eigenvalue weighted by Crippen LogP contribution is -2.08. The van der Waals surface area contributed by atoms with Crippen LogP contribution in [0.15, 0.2) is 48.5 Å². The van der Waals surface area contributed by atoms with Gasteiger partial charge in [0.25, 0.3) is 0 Å². The fourth-order valence-corrected chi connectivity index (χ4v) is 3.66. The molecule has 138 valence electrons. The number of anilines is 1. The molecule has 27 heavy (non-hydrogen) atoms. The van der Waals surface area contributed by atoms with Gasteiger partial charge in [0.05, 0.1) is 0 Å². The van der Waals surface area contributed by atoms with Crippen molar-refractivity contribution in [1.82, 2.24) is 20.6 Å². The Balaban J connectivity index is 1.62. The predicted molar refractivity (Wildman–Crippen MR) is 108 cm³/mol. The first-order valence-corrected chi connectivity index (χ1v) is 9.85. The van der Waals surface area contributed by atoms with Crippen molar-refractivity contribution in [2.45, 2.75) is 44.9 Å². The summed E-state index contributed by atoms with van der Waals surface area (Å²) in [6, 6.07) is 17.6. The minimum atomic E-state index is 0.720. The van der Waals surface area contributed by atoms with Gasteiger partial charge in [-0.3, -0.25) is 0 Å². The predicted octanol–water partition coefficient (Wildman–Crippen LogP) is 4.25. The van der Waals surface area contributed by atoms with E-state index in [1.54, 1.807) is 0 Å². The van der Waals surface area contributed by atoms with Crippen LogP contribution in [0.5, 0.6) is 0 Å². The van der Waals surface area contributed by atoms with Crippen molar-refractivity contribution < 1.29 is 0 Å². The third-order valence-electron chi connectivity index (χ3n) is 5.13. The van der Waals surface area contributed by atoms with Gasteiger partial charge in [0.15, 0.2) is 5.82 Å². The molecule has 0 unspecified atom stereocenters. The summed E-state index contributed by atoms with van der Waals surface area (Å²) < 4.78 is 0. The summed E-state index contributed by atoms with van der Waals surface area (Å²) in [5.74, 6) is 0.720. The van der Waals surface area contributed by atoms with Crippen LogP contribution in [0.2, 0.25) is 0 Å². The zero-order chi connectivity index (χ0) is 18.3. The molecule has 5 heteroatoms. The molecule has 2 aromatic carbocycles. The fourth-order valence-electron chi connectivity index (χ4n) is 3.66.